The van der Waals surface area contributed by atoms with Crippen LogP contribution >= 0.6 is 11.6 Å². The van der Waals surface area contributed by atoms with Gasteiger partial charge in [-0.3, -0.25) is 0 Å². The molecule has 0 unspecified atom stereocenters. The summed E-state index contributed by atoms with van der Waals surface area (Å²) in [4.78, 5) is 0. The fourth-order valence-corrected chi connectivity index (χ4v) is 1.33. The molecule has 1 rings (SSSR count). The zero-order chi connectivity index (χ0) is 12.0. The highest BCUT2D eigenvalue weighted by atomic mass is 35.5. The lowest BCUT2D eigenvalue weighted by Crippen LogP contribution is -2.01. The lowest BCUT2D eigenvalue weighted by molar-refractivity contribution is 0.320. The second-order valence-corrected chi connectivity index (χ2v) is 3.40. The van der Waals surface area contributed by atoms with Gasteiger partial charge in [0.05, 0.1) is 5.03 Å². The van der Waals surface area contributed by atoms with Crippen LogP contribution in [0.3, 0.4) is 0 Å². The predicted molar refractivity (Wildman–Crippen MR) is 63.5 cm³/mol. The largest absolute Gasteiger partial charge is 0.410 e. The molecule has 1 N–H and O–H groups in total. The first kappa shape index (κ1) is 12.5. The standard InChI is InChI=1S/C12H11ClFNO/c1-2-3-4-11(13)12(15-16)9-5-7-10(14)8-6-9/h2-8,16H,1H3/b3-2-,11-4+,15-12+. The number of hydrogen-bond acceptors (Lipinski definition) is 2. The van der Waals surface area contributed by atoms with Gasteiger partial charge in [0.1, 0.15) is 11.5 Å². The molecule has 16 heavy (non-hydrogen) atoms. The molecule has 0 aliphatic heterocycles. The Morgan fingerprint density at radius 2 is 2.00 bits per heavy atom. The van der Waals surface area contributed by atoms with Crippen LogP contribution in [-0.4, -0.2) is 10.9 Å². The van der Waals surface area contributed by atoms with Gasteiger partial charge in [0.25, 0.3) is 0 Å². The molecular weight excluding hydrogens is 229 g/mol. The Morgan fingerprint density at radius 3 is 2.50 bits per heavy atom. The first-order valence-electron chi connectivity index (χ1n) is 4.66. The fraction of sp³-hybridized carbons (Fsp3) is 0.0833. The van der Waals surface area contributed by atoms with Gasteiger partial charge in [-0.25, -0.2) is 4.39 Å². The third-order valence-corrected chi connectivity index (χ3v) is 2.18. The number of nitrogens with zero attached hydrogens (tertiary/aromatic N) is 1. The summed E-state index contributed by atoms with van der Waals surface area (Å²) >= 11 is 5.93. The molecular formula is C12H11ClFNO. The molecule has 1 aromatic carbocycles. The zero-order valence-electron chi connectivity index (χ0n) is 8.69. The minimum absolute atomic E-state index is 0.208. The molecule has 0 heterocycles. The molecule has 84 valence electrons. The summed E-state index contributed by atoms with van der Waals surface area (Å²) < 4.78 is 12.7. The van der Waals surface area contributed by atoms with Crippen molar-refractivity contribution in [3.05, 3.63) is 58.9 Å². The maximum atomic E-state index is 12.7. The van der Waals surface area contributed by atoms with E-state index in [1.807, 2.05) is 6.92 Å². The number of halogens is 2. The molecule has 0 fully saturated rings. The highest BCUT2D eigenvalue weighted by Gasteiger charge is 2.07. The zero-order valence-corrected chi connectivity index (χ0v) is 9.45. The third kappa shape index (κ3) is 3.21. The van der Waals surface area contributed by atoms with Crippen LogP contribution in [0.2, 0.25) is 0 Å². The summed E-state index contributed by atoms with van der Waals surface area (Å²) in [5.74, 6) is -0.352. The van der Waals surface area contributed by atoms with Crippen molar-refractivity contribution >= 4 is 17.3 Å². The number of rotatable bonds is 3. The molecule has 0 spiro atoms. The molecule has 0 saturated carbocycles. The van der Waals surface area contributed by atoms with E-state index in [0.717, 1.165) is 0 Å². The average Bonchev–Trinajstić information content (AvgIpc) is 2.30. The molecule has 0 saturated heterocycles. The molecule has 0 amide bonds. The SMILES string of the molecule is C\C=C/C=C(Cl)\C(=N\O)c1ccc(F)cc1. The van der Waals surface area contributed by atoms with Crippen LogP contribution in [0.4, 0.5) is 4.39 Å². The number of allylic oxidation sites excluding steroid dienone is 4. The van der Waals surface area contributed by atoms with Crippen LogP contribution in [0, 0.1) is 5.82 Å². The van der Waals surface area contributed by atoms with E-state index < -0.39 is 0 Å². The number of hydrogen-bond donors (Lipinski definition) is 1. The summed E-state index contributed by atoms with van der Waals surface area (Å²) in [6.45, 7) is 1.84. The van der Waals surface area contributed by atoms with E-state index in [4.69, 9.17) is 16.8 Å². The Balaban J connectivity index is 3.04. The van der Waals surface area contributed by atoms with Crippen LogP contribution in [0.1, 0.15) is 12.5 Å². The van der Waals surface area contributed by atoms with Crippen molar-refractivity contribution in [2.75, 3.05) is 0 Å². The first-order valence-corrected chi connectivity index (χ1v) is 5.03. The molecule has 0 radical (unpaired) electrons. The van der Waals surface area contributed by atoms with Gasteiger partial charge in [-0.1, -0.05) is 28.9 Å². The smallest absolute Gasteiger partial charge is 0.128 e. The predicted octanol–water partition coefficient (Wildman–Crippen LogP) is 3.70. The van der Waals surface area contributed by atoms with Gasteiger partial charge in [-0.05, 0) is 37.3 Å². The van der Waals surface area contributed by atoms with E-state index in [1.54, 1.807) is 18.2 Å². The monoisotopic (exact) mass is 239 g/mol. The molecule has 0 bridgehead atoms. The number of benzene rings is 1. The van der Waals surface area contributed by atoms with Crippen LogP contribution in [0.15, 0.2) is 52.7 Å². The molecule has 0 aliphatic rings. The van der Waals surface area contributed by atoms with Gasteiger partial charge < -0.3 is 5.21 Å². The molecule has 4 heteroatoms. The van der Waals surface area contributed by atoms with Crippen molar-refractivity contribution in [1.82, 2.24) is 0 Å². The van der Waals surface area contributed by atoms with Crippen molar-refractivity contribution in [2.45, 2.75) is 6.92 Å². The van der Waals surface area contributed by atoms with E-state index in [9.17, 15) is 4.39 Å². The molecule has 0 aliphatic carbocycles. The molecule has 0 aromatic heterocycles. The second kappa shape index (κ2) is 6.08. The lowest BCUT2D eigenvalue weighted by Gasteiger charge is -2.02. The van der Waals surface area contributed by atoms with Crippen molar-refractivity contribution in [1.29, 1.82) is 0 Å². The van der Waals surface area contributed by atoms with Crippen LogP contribution < -0.4 is 0 Å². The Labute approximate surface area is 98.4 Å². The third-order valence-electron chi connectivity index (χ3n) is 1.88. The van der Waals surface area contributed by atoms with E-state index in [-0.39, 0.29) is 16.6 Å². The van der Waals surface area contributed by atoms with Crippen LogP contribution in [-0.2, 0) is 0 Å². The van der Waals surface area contributed by atoms with E-state index >= 15 is 0 Å². The Kier molecular flexibility index (Phi) is 4.73. The van der Waals surface area contributed by atoms with Crippen LogP contribution in [0.5, 0.6) is 0 Å². The van der Waals surface area contributed by atoms with Gasteiger partial charge in [0.2, 0.25) is 0 Å². The normalized spacial score (nSPS) is 13.4. The van der Waals surface area contributed by atoms with Crippen molar-refractivity contribution in [3.8, 4) is 0 Å². The van der Waals surface area contributed by atoms with E-state index in [2.05, 4.69) is 5.16 Å². The Bertz CT molecular complexity index is 435. The molecule has 0 atom stereocenters. The van der Waals surface area contributed by atoms with Crippen LogP contribution in [0.25, 0.3) is 0 Å². The van der Waals surface area contributed by atoms with Crippen molar-refractivity contribution < 1.29 is 9.60 Å². The van der Waals surface area contributed by atoms with Gasteiger partial charge in [-0.15, -0.1) is 0 Å². The maximum absolute atomic E-state index is 12.7. The number of oxime groups is 1. The summed E-state index contributed by atoms with van der Waals surface area (Å²) in [5, 5.41) is 12.2. The summed E-state index contributed by atoms with van der Waals surface area (Å²) in [7, 11) is 0. The molecule has 2 nitrogen and oxygen atoms in total. The summed E-state index contributed by atoms with van der Waals surface area (Å²) in [5.41, 5.74) is 0.759. The first-order chi connectivity index (χ1) is 7.69. The van der Waals surface area contributed by atoms with Gasteiger partial charge in [-0.2, -0.15) is 0 Å². The second-order valence-electron chi connectivity index (χ2n) is 3.00. The lowest BCUT2D eigenvalue weighted by atomic mass is 10.1. The summed E-state index contributed by atoms with van der Waals surface area (Å²) in [6, 6.07) is 5.55. The topological polar surface area (TPSA) is 32.6 Å². The maximum Gasteiger partial charge on any atom is 0.128 e. The van der Waals surface area contributed by atoms with Crippen molar-refractivity contribution in [2.24, 2.45) is 5.16 Å². The summed E-state index contributed by atoms with van der Waals surface area (Å²) in [6.07, 6.45) is 5.11. The quantitative estimate of drug-likeness (QED) is 0.371. The van der Waals surface area contributed by atoms with E-state index in [0.29, 0.717) is 5.56 Å². The molecule has 1 aromatic rings. The van der Waals surface area contributed by atoms with Gasteiger partial charge >= 0.3 is 0 Å². The fourth-order valence-electron chi connectivity index (χ4n) is 1.11. The average molecular weight is 240 g/mol. The highest BCUT2D eigenvalue weighted by molar-refractivity contribution is 6.46. The van der Waals surface area contributed by atoms with Gasteiger partial charge in [0, 0.05) is 5.56 Å². The Morgan fingerprint density at radius 1 is 1.38 bits per heavy atom. The minimum Gasteiger partial charge on any atom is -0.410 e. The van der Waals surface area contributed by atoms with Gasteiger partial charge in [0.15, 0.2) is 0 Å². The van der Waals surface area contributed by atoms with Crippen molar-refractivity contribution in [3.63, 3.8) is 0 Å². The highest BCUT2D eigenvalue weighted by Crippen LogP contribution is 2.14. The minimum atomic E-state index is -0.352. The van der Waals surface area contributed by atoms with E-state index in [1.165, 1.54) is 24.3 Å². The Hall–Kier alpha value is -1.61.